The first kappa shape index (κ1) is 17.1. The molecule has 0 saturated heterocycles. The lowest BCUT2D eigenvalue weighted by atomic mass is 9.95. The van der Waals surface area contributed by atoms with Crippen LogP contribution in [-0.4, -0.2) is 20.9 Å². The zero-order chi connectivity index (χ0) is 17.1. The van der Waals surface area contributed by atoms with Gasteiger partial charge >= 0.3 is 0 Å². The van der Waals surface area contributed by atoms with Gasteiger partial charge in [-0.25, -0.2) is 9.07 Å². The van der Waals surface area contributed by atoms with Gasteiger partial charge in [0, 0.05) is 11.6 Å². The Morgan fingerprint density at radius 2 is 1.87 bits per heavy atom. The average molecular weight is 318 g/mol. The highest BCUT2D eigenvalue weighted by Crippen LogP contribution is 2.24. The normalized spacial score (nSPS) is 12.7. The number of carbonyl (C=O) groups excluding carboxylic acids is 1. The number of aromatic nitrogens is 3. The van der Waals surface area contributed by atoms with Gasteiger partial charge in [-0.1, -0.05) is 37.3 Å². The fourth-order valence-electron chi connectivity index (χ4n) is 2.58. The largest absolute Gasteiger partial charge is 0.343 e. The smallest absolute Gasteiger partial charge is 0.274 e. The molecule has 1 N–H and O–H groups in total. The van der Waals surface area contributed by atoms with Crippen LogP contribution in [0, 0.1) is 18.7 Å². The first-order valence-electron chi connectivity index (χ1n) is 7.80. The van der Waals surface area contributed by atoms with E-state index >= 15 is 0 Å². The van der Waals surface area contributed by atoms with Crippen LogP contribution in [0.4, 0.5) is 4.39 Å². The molecular weight excluding hydrogens is 295 g/mol. The molecular formula is C17H23FN4O. The molecule has 1 amide bonds. The lowest BCUT2D eigenvalue weighted by molar-refractivity contribution is 0.0919. The summed E-state index contributed by atoms with van der Waals surface area (Å²) in [7, 11) is 0. The number of halogens is 1. The van der Waals surface area contributed by atoms with Crippen molar-refractivity contribution in [3.63, 3.8) is 0 Å². The molecule has 1 aromatic carbocycles. The molecule has 0 aliphatic heterocycles. The number of nitrogens with zero attached hydrogens (tertiary/aromatic N) is 3. The Balaban J connectivity index is 2.28. The van der Waals surface area contributed by atoms with Gasteiger partial charge in [0.15, 0.2) is 5.69 Å². The Hall–Kier alpha value is -2.24. The number of carbonyl (C=O) groups is 1. The summed E-state index contributed by atoms with van der Waals surface area (Å²) in [5, 5.41) is 10.9. The topological polar surface area (TPSA) is 59.8 Å². The standard InChI is InChI=1S/C17H23FN4O/c1-10(2)15(13-8-6-7-9-14(13)18)19-17(23)16-12(5)22(11(3)4)21-20-16/h6-11,15H,1-5H3,(H,19,23). The molecule has 0 saturated carbocycles. The molecule has 2 rings (SSSR count). The van der Waals surface area contributed by atoms with Crippen molar-refractivity contribution in [2.45, 2.75) is 46.7 Å². The van der Waals surface area contributed by atoms with E-state index in [-0.39, 0.29) is 29.4 Å². The van der Waals surface area contributed by atoms with Gasteiger partial charge in [0.25, 0.3) is 5.91 Å². The predicted molar refractivity (Wildman–Crippen MR) is 86.6 cm³/mol. The summed E-state index contributed by atoms with van der Waals surface area (Å²) in [5.74, 6) is -0.623. The van der Waals surface area contributed by atoms with Crippen LogP contribution in [0.5, 0.6) is 0 Å². The Kier molecular flexibility index (Phi) is 5.13. The van der Waals surface area contributed by atoms with Crippen molar-refractivity contribution >= 4 is 5.91 Å². The second kappa shape index (κ2) is 6.89. The molecule has 5 nitrogen and oxygen atoms in total. The molecule has 1 heterocycles. The van der Waals surface area contributed by atoms with Gasteiger partial charge in [-0.15, -0.1) is 5.10 Å². The number of benzene rings is 1. The molecule has 0 aliphatic rings. The van der Waals surface area contributed by atoms with E-state index < -0.39 is 6.04 Å². The van der Waals surface area contributed by atoms with E-state index in [1.54, 1.807) is 22.9 Å². The number of rotatable bonds is 5. The molecule has 1 atom stereocenters. The fraction of sp³-hybridized carbons (Fsp3) is 0.471. The van der Waals surface area contributed by atoms with E-state index in [2.05, 4.69) is 15.6 Å². The monoisotopic (exact) mass is 318 g/mol. The number of hydrogen-bond donors (Lipinski definition) is 1. The van der Waals surface area contributed by atoms with Gasteiger partial charge in [0.1, 0.15) is 5.82 Å². The Labute approximate surface area is 135 Å². The summed E-state index contributed by atoms with van der Waals surface area (Å²) < 4.78 is 15.8. The van der Waals surface area contributed by atoms with Crippen LogP contribution in [0.1, 0.15) is 61.5 Å². The van der Waals surface area contributed by atoms with Crippen molar-refractivity contribution in [1.29, 1.82) is 0 Å². The molecule has 0 radical (unpaired) electrons. The molecule has 23 heavy (non-hydrogen) atoms. The second-order valence-electron chi connectivity index (χ2n) is 6.28. The van der Waals surface area contributed by atoms with Crippen LogP contribution in [0.15, 0.2) is 24.3 Å². The van der Waals surface area contributed by atoms with E-state index in [1.165, 1.54) is 6.07 Å². The Morgan fingerprint density at radius 3 is 2.39 bits per heavy atom. The van der Waals surface area contributed by atoms with E-state index in [0.29, 0.717) is 11.3 Å². The predicted octanol–water partition coefficient (Wildman–Crippen LogP) is 3.43. The number of hydrogen-bond acceptors (Lipinski definition) is 3. The van der Waals surface area contributed by atoms with Gasteiger partial charge in [0.05, 0.1) is 11.7 Å². The molecule has 2 aromatic rings. The summed E-state index contributed by atoms with van der Waals surface area (Å²) >= 11 is 0. The van der Waals surface area contributed by atoms with E-state index in [4.69, 9.17) is 0 Å². The van der Waals surface area contributed by atoms with Gasteiger partial charge < -0.3 is 5.32 Å². The van der Waals surface area contributed by atoms with Crippen molar-refractivity contribution < 1.29 is 9.18 Å². The Bertz CT molecular complexity index is 694. The van der Waals surface area contributed by atoms with Crippen LogP contribution in [0.25, 0.3) is 0 Å². The third-order valence-corrected chi connectivity index (χ3v) is 3.83. The van der Waals surface area contributed by atoms with Gasteiger partial charge in [0.2, 0.25) is 0 Å². The second-order valence-corrected chi connectivity index (χ2v) is 6.28. The van der Waals surface area contributed by atoms with Crippen LogP contribution in [0.2, 0.25) is 0 Å². The van der Waals surface area contributed by atoms with Gasteiger partial charge in [-0.2, -0.15) is 0 Å². The first-order valence-corrected chi connectivity index (χ1v) is 7.80. The fourth-order valence-corrected chi connectivity index (χ4v) is 2.58. The highest BCUT2D eigenvalue weighted by Gasteiger charge is 2.25. The van der Waals surface area contributed by atoms with Crippen molar-refractivity contribution in [3.05, 3.63) is 47.0 Å². The van der Waals surface area contributed by atoms with Gasteiger partial charge in [-0.05, 0) is 32.8 Å². The minimum absolute atomic E-state index is 0.0382. The van der Waals surface area contributed by atoms with E-state index in [1.807, 2.05) is 34.6 Å². The average Bonchev–Trinajstić information content (AvgIpc) is 2.87. The maximum Gasteiger partial charge on any atom is 0.274 e. The molecule has 0 fully saturated rings. The first-order chi connectivity index (χ1) is 10.8. The quantitative estimate of drug-likeness (QED) is 0.919. The van der Waals surface area contributed by atoms with E-state index in [9.17, 15) is 9.18 Å². The minimum atomic E-state index is -0.424. The van der Waals surface area contributed by atoms with E-state index in [0.717, 1.165) is 0 Å². The molecule has 6 heteroatoms. The summed E-state index contributed by atoms with van der Waals surface area (Å²) in [4.78, 5) is 12.6. The van der Waals surface area contributed by atoms with Crippen molar-refractivity contribution in [2.24, 2.45) is 5.92 Å². The Morgan fingerprint density at radius 1 is 1.22 bits per heavy atom. The zero-order valence-corrected chi connectivity index (χ0v) is 14.2. The minimum Gasteiger partial charge on any atom is -0.343 e. The zero-order valence-electron chi connectivity index (χ0n) is 14.2. The SMILES string of the molecule is Cc1c(C(=O)NC(c2ccccc2F)C(C)C)nnn1C(C)C. The molecule has 0 spiro atoms. The number of amides is 1. The summed E-state index contributed by atoms with van der Waals surface area (Å²) in [6, 6.07) is 6.19. The van der Waals surface area contributed by atoms with Crippen molar-refractivity contribution in [3.8, 4) is 0 Å². The van der Waals surface area contributed by atoms with Crippen LogP contribution in [0.3, 0.4) is 0 Å². The molecule has 1 unspecified atom stereocenters. The maximum atomic E-state index is 14.1. The number of nitrogens with one attached hydrogen (secondary N) is 1. The van der Waals surface area contributed by atoms with Crippen molar-refractivity contribution in [2.75, 3.05) is 0 Å². The van der Waals surface area contributed by atoms with Gasteiger partial charge in [-0.3, -0.25) is 4.79 Å². The van der Waals surface area contributed by atoms with Crippen LogP contribution >= 0.6 is 0 Å². The third kappa shape index (κ3) is 3.57. The highest BCUT2D eigenvalue weighted by molar-refractivity contribution is 5.93. The lowest BCUT2D eigenvalue weighted by Gasteiger charge is -2.23. The summed E-state index contributed by atoms with van der Waals surface area (Å²) in [6.07, 6.45) is 0. The van der Waals surface area contributed by atoms with Crippen LogP contribution < -0.4 is 5.32 Å². The summed E-state index contributed by atoms with van der Waals surface area (Å²) in [5.41, 5.74) is 1.46. The highest BCUT2D eigenvalue weighted by atomic mass is 19.1. The summed E-state index contributed by atoms with van der Waals surface area (Å²) in [6.45, 7) is 9.63. The lowest BCUT2D eigenvalue weighted by Crippen LogP contribution is -2.33. The van der Waals surface area contributed by atoms with Crippen LogP contribution in [-0.2, 0) is 0 Å². The molecule has 1 aromatic heterocycles. The molecule has 0 aliphatic carbocycles. The third-order valence-electron chi connectivity index (χ3n) is 3.83. The van der Waals surface area contributed by atoms with Crippen molar-refractivity contribution in [1.82, 2.24) is 20.3 Å². The molecule has 124 valence electrons. The maximum absolute atomic E-state index is 14.1. The molecule has 0 bridgehead atoms.